The molecule has 0 aliphatic heterocycles. The molecule has 0 amide bonds. The van der Waals surface area contributed by atoms with E-state index in [0.717, 1.165) is 116 Å². The average Bonchev–Trinajstić information content (AvgIpc) is 3.22. The van der Waals surface area contributed by atoms with E-state index in [9.17, 15) is 19.5 Å². The molecule has 0 fully saturated rings. The van der Waals surface area contributed by atoms with Crippen molar-refractivity contribution < 1.29 is 38.2 Å². The smallest absolute Gasteiger partial charge is 0.306 e. The van der Waals surface area contributed by atoms with Gasteiger partial charge in [0.1, 0.15) is 12.6 Å². The second-order valence-electron chi connectivity index (χ2n) is 16.6. The van der Waals surface area contributed by atoms with Crippen LogP contribution in [0.25, 0.3) is 0 Å². The van der Waals surface area contributed by atoms with Crippen molar-refractivity contribution in [3.05, 3.63) is 97.2 Å². The van der Waals surface area contributed by atoms with Crippen LogP contribution in [-0.2, 0) is 28.6 Å². The highest BCUT2D eigenvalue weighted by molar-refractivity contribution is 5.70. The lowest BCUT2D eigenvalue weighted by molar-refractivity contribution is -0.889. The van der Waals surface area contributed by atoms with Gasteiger partial charge in [-0.05, 0) is 89.9 Å². The van der Waals surface area contributed by atoms with E-state index in [2.05, 4.69) is 111 Å². The topological polar surface area (TPSA) is 102 Å². The number of nitrogens with zero attached hydrogens (tertiary/aromatic N) is 1. The number of carboxylic acid groups (broad SMARTS) is 1. The van der Waals surface area contributed by atoms with E-state index >= 15 is 0 Å². The van der Waals surface area contributed by atoms with E-state index in [4.69, 9.17) is 14.2 Å². The third kappa shape index (κ3) is 41.4. The maximum absolute atomic E-state index is 12.8. The molecule has 0 rings (SSSR count). The number of esters is 2. The summed E-state index contributed by atoms with van der Waals surface area (Å²) in [4.78, 5) is 36.9. The van der Waals surface area contributed by atoms with Gasteiger partial charge in [-0.3, -0.25) is 9.59 Å². The molecule has 2 atom stereocenters. The van der Waals surface area contributed by atoms with Crippen LogP contribution in [0.4, 0.5) is 0 Å². The lowest BCUT2D eigenvalue weighted by Crippen LogP contribution is -2.55. The molecule has 61 heavy (non-hydrogen) atoms. The van der Waals surface area contributed by atoms with Gasteiger partial charge in [0.25, 0.3) is 0 Å². The summed E-state index contributed by atoms with van der Waals surface area (Å²) in [5.74, 6) is -1.79. The van der Waals surface area contributed by atoms with Crippen molar-refractivity contribution in [3.63, 3.8) is 0 Å². The number of ether oxygens (including phenoxy) is 3. The van der Waals surface area contributed by atoms with Crippen molar-refractivity contribution >= 4 is 17.9 Å². The van der Waals surface area contributed by atoms with Crippen LogP contribution in [0.5, 0.6) is 0 Å². The van der Waals surface area contributed by atoms with E-state index in [1.54, 1.807) is 21.1 Å². The number of rotatable bonds is 41. The van der Waals surface area contributed by atoms with Gasteiger partial charge < -0.3 is 28.6 Å². The second-order valence-corrected chi connectivity index (χ2v) is 16.6. The first-order valence-electron chi connectivity index (χ1n) is 23.8. The van der Waals surface area contributed by atoms with Gasteiger partial charge in [0.2, 0.25) is 0 Å². The highest BCUT2D eigenvalue weighted by atomic mass is 16.6. The summed E-state index contributed by atoms with van der Waals surface area (Å²) >= 11 is 0. The minimum atomic E-state index is -1.13. The number of carbonyl (C=O) groups is 3. The molecular weight excluding hydrogens is 763 g/mol. The van der Waals surface area contributed by atoms with E-state index in [-0.39, 0.29) is 42.7 Å². The number of likely N-dealkylation sites (N-methyl/N-ethyl adjacent to an activating group) is 1. The molecule has 0 radical (unpaired) electrons. The first-order valence-corrected chi connectivity index (χ1v) is 23.8. The van der Waals surface area contributed by atoms with Crippen LogP contribution in [0.1, 0.15) is 168 Å². The van der Waals surface area contributed by atoms with Crippen LogP contribution in [0, 0.1) is 0 Å². The normalized spacial score (nSPS) is 13.8. The standard InChI is InChI=1S/C53H87NO7/c1-6-8-10-12-14-16-18-20-22-23-24-25-26-27-28-29-30-32-34-36-38-40-42-44-52(56)61-49(47-59-46-45-50(53(57)58)54(3,4)5)48-60-51(55)43-41-39-37-35-33-31-21-19-17-15-13-11-9-7-2/h8-11,14-17,20-22,24-25,27-28,31,49-50H,6-7,12-13,18-19,23,26,29-30,32-48H2,1-5H3/b10-8+,11-9+,16-14+,17-15+,22-20+,25-24+,28-27+,31-21+. The Balaban J connectivity index is 4.34. The molecule has 0 bridgehead atoms. The van der Waals surface area contributed by atoms with Crippen LogP contribution < -0.4 is 5.11 Å². The Morgan fingerprint density at radius 3 is 1.28 bits per heavy atom. The molecule has 0 saturated heterocycles. The summed E-state index contributed by atoms with van der Waals surface area (Å²) in [5.41, 5.74) is 0. The molecule has 0 aromatic heterocycles. The Hall–Kier alpha value is -3.75. The first kappa shape index (κ1) is 57.2. The molecule has 0 saturated carbocycles. The number of carbonyl (C=O) groups excluding carboxylic acids is 3. The van der Waals surface area contributed by atoms with Gasteiger partial charge in [0.15, 0.2) is 6.10 Å². The van der Waals surface area contributed by atoms with Gasteiger partial charge in [-0.2, -0.15) is 0 Å². The fraction of sp³-hybridized carbons (Fsp3) is 0.642. The summed E-state index contributed by atoms with van der Waals surface area (Å²) in [5, 5.41) is 11.6. The zero-order valence-electron chi connectivity index (χ0n) is 39.3. The van der Waals surface area contributed by atoms with E-state index in [1.165, 1.54) is 19.3 Å². The molecule has 0 spiro atoms. The average molecular weight is 850 g/mol. The zero-order chi connectivity index (χ0) is 44.9. The molecule has 8 heteroatoms. The number of hydrogen-bond donors (Lipinski definition) is 0. The Bertz CT molecular complexity index is 1310. The van der Waals surface area contributed by atoms with E-state index in [0.29, 0.717) is 12.8 Å². The molecule has 0 aliphatic carbocycles. The number of aliphatic carboxylic acids is 1. The van der Waals surface area contributed by atoms with Gasteiger partial charge in [-0.1, -0.05) is 156 Å². The Morgan fingerprint density at radius 2 is 0.869 bits per heavy atom. The maximum atomic E-state index is 12.8. The number of unbranched alkanes of at least 4 members (excludes halogenated alkanes) is 11. The molecule has 2 unspecified atom stereocenters. The van der Waals surface area contributed by atoms with Gasteiger partial charge >= 0.3 is 11.9 Å². The fourth-order valence-corrected chi connectivity index (χ4v) is 6.35. The second kappa shape index (κ2) is 42.9. The van der Waals surface area contributed by atoms with Crippen LogP contribution in [0.15, 0.2) is 97.2 Å². The zero-order valence-corrected chi connectivity index (χ0v) is 39.3. The van der Waals surface area contributed by atoms with Crippen LogP contribution in [0.2, 0.25) is 0 Å². The summed E-state index contributed by atoms with van der Waals surface area (Å²) < 4.78 is 17.2. The number of hydrogen-bond acceptors (Lipinski definition) is 7. The minimum absolute atomic E-state index is 0.0226. The summed E-state index contributed by atoms with van der Waals surface area (Å²) in [6, 6.07) is -0.737. The summed E-state index contributed by atoms with van der Waals surface area (Å²) in [6.07, 6.45) is 57.2. The van der Waals surface area contributed by atoms with Crippen LogP contribution in [0.3, 0.4) is 0 Å². The predicted molar refractivity (Wildman–Crippen MR) is 254 cm³/mol. The SMILES string of the molecule is CC/C=C/C/C=C/C/C=C/C/C=C/C/C=C/CCCCCCCCCC(=O)OC(COCCC(C(=O)[O-])[N+](C)(C)C)COC(=O)CCCCCC/C=C/C/C=C/C/C=C/CC. The number of quaternary nitrogens is 1. The highest BCUT2D eigenvalue weighted by Gasteiger charge is 2.25. The first-order chi connectivity index (χ1) is 29.6. The van der Waals surface area contributed by atoms with Crippen molar-refractivity contribution in [1.82, 2.24) is 0 Å². The molecule has 8 nitrogen and oxygen atoms in total. The van der Waals surface area contributed by atoms with Crippen LogP contribution in [-0.4, -0.2) is 75.5 Å². The Labute approximate surface area is 373 Å². The van der Waals surface area contributed by atoms with Crippen molar-refractivity contribution in [2.24, 2.45) is 0 Å². The van der Waals surface area contributed by atoms with E-state index in [1.807, 2.05) is 0 Å². The van der Waals surface area contributed by atoms with Crippen LogP contribution >= 0.6 is 0 Å². The van der Waals surface area contributed by atoms with Crippen molar-refractivity contribution in [3.8, 4) is 0 Å². The molecule has 0 N–H and O–H groups in total. The molecule has 0 aliphatic rings. The summed E-state index contributed by atoms with van der Waals surface area (Å²) in [7, 11) is 5.39. The van der Waals surface area contributed by atoms with Gasteiger partial charge in [-0.25, -0.2) is 0 Å². The van der Waals surface area contributed by atoms with Crippen molar-refractivity contribution in [2.75, 3.05) is 41.0 Å². The lowest BCUT2D eigenvalue weighted by Gasteiger charge is -2.34. The Kier molecular flexibility index (Phi) is 40.3. The third-order valence-corrected chi connectivity index (χ3v) is 9.97. The predicted octanol–water partition coefficient (Wildman–Crippen LogP) is 12.1. The van der Waals surface area contributed by atoms with Crippen molar-refractivity contribution in [2.45, 2.75) is 180 Å². The Morgan fingerprint density at radius 1 is 0.492 bits per heavy atom. The third-order valence-electron chi connectivity index (χ3n) is 9.97. The monoisotopic (exact) mass is 850 g/mol. The number of carboxylic acids is 1. The molecule has 0 heterocycles. The number of allylic oxidation sites excluding steroid dienone is 16. The fourth-order valence-electron chi connectivity index (χ4n) is 6.35. The minimum Gasteiger partial charge on any atom is -0.544 e. The highest BCUT2D eigenvalue weighted by Crippen LogP contribution is 2.13. The maximum Gasteiger partial charge on any atom is 0.306 e. The lowest BCUT2D eigenvalue weighted by atomic mass is 10.1. The van der Waals surface area contributed by atoms with E-state index < -0.39 is 18.1 Å². The molecular formula is C53H87NO7. The largest absolute Gasteiger partial charge is 0.544 e. The summed E-state index contributed by atoms with van der Waals surface area (Å²) in [6.45, 7) is 4.38. The van der Waals surface area contributed by atoms with Gasteiger partial charge in [0, 0.05) is 19.3 Å². The molecule has 0 aromatic rings. The molecule has 346 valence electrons. The van der Waals surface area contributed by atoms with Gasteiger partial charge in [-0.15, -0.1) is 0 Å². The van der Waals surface area contributed by atoms with Crippen molar-refractivity contribution in [1.29, 1.82) is 0 Å². The molecule has 0 aromatic carbocycles. The van der Waals surface area contributed by atoms with Gasteiger partial charge in [0.05, 0.1) is 40.3 Å². The quantitative estimate of drug-likeness (QED) is 0.0261.